The van der Waals surface area contributed by atoms with E-state index >= 15 is 0 Å². The molecule has 3 aromatic rings. The first kappa shape index (κ1) is 20.5. The van der Waals surface area contributed by atoms with Gasteiger partial charge in [0.25, 0.3) is 0 Å². The highest BCUT2D eigenvalue weighted by atomic mass is 32.2. The van der Waals surface area contributed by atoms with E-state index in [1.807, 2.05) is 0 Å². The van der Waals surface area contributed by atoms with Gasteiger partial charge in [0.15, 0.2) is 0 Å². The smallest absolute Gasteiger partial charge is 0.330 e. The molecule has 0 aliphatic heterocycles. The van der Waals surface area contributed by atoms with Crippen LogP contribution in [0, 0.1) is 0 Å². The van der Waals surface area contributed by atoms with E-state index in [0.717, 1.165) is 16.0 Å². The minimum absolute atomic E-state index is 0.167. The summed E-state index contributed by atoms with van der Waals surface area (Å²) in [5.74, 6) is -0.309. The van der Waals surface area contributed by atoms with E-state index in [0.29, 0.717) is 6.61 Å². The van der Waals surface area contributed by atoms with E-state index in [1.165, 1.54) is 21.2 Å². The molecular weight excluding hydrogens is 386 g/mol. The van der Waals surface area contributed by atoms with Crippen LogP contribution in [0.2, 0.25) is 0 Å². The van der Waals surface area contributed by atoms with Crippen molar-refractivity contribution in [2.24, 2.45) is 0 Å². The van der Waals surface area contributed by atoms with Crippen LogP contribution in [0.3, 0.4) is 0 Å². The minimum atomic E-state index is -0.309. The van der Waals surface area contributed by atoms with Gasteiger partial charge in [0.05, 0.1) is 6.61 Å². The molecule has 3 rings (SSSR count). The number of carbonyl (C=O) groups excluding carboxylic acids is 1. The molecule has 1 heterocycles. The van der Waals surface area contributed by atoms with Gasteiger partial charge in [0.1, 0.15) is 0 Å². The van der Waals surface area contributed by atoms with Crippen molar-refractivity contribution in [2.45, 2.75) is 38.0 Å². The average Bonchev–Trinajstić information content (AvgIpc) is 3.07. The van der Waals surface area contributed by atoms with Crippen molar-refractivity contribution in [1.29, 1.82) is 0 Å². The molecule has 0 atom stereocenters. The number of thiophene rings is 1. The largest absolute Gasteiger partial charge is 0.463 e. The summed E-state index contributed by atoms with van der Waals surface area (Å²) in [4.78, 5) is 13.7. The molecule has 0 bridgehead atoms. The molecule has 5 heteroatoms. The third kappa shape index (κ3) is 5.40. The number of hydrogen-bond donors (Lipinski definition) is 1. The maximum absolute atomic E-state index is 11.5. The van der Waals surface area contributed by atoms with Crippen LogP contribution in [-0.4, -0.2) is 12.6 Å². The van der Waals surface area contributed by atoms with Gasteiger partial charge in [-0.25, -0.2) is 4.79 Å². The topological polar surface area (TPSA) is 38.3 Å². The summed E-state index contributed by atoms with van der Waals surface area (Å²) in [5.41, 5.74) is 2.55. The van der Waals surface area contributed by atoms with Crippen LogP contribution in [0.25, 0.3) is 16.2 Å². The fourth-order valence-corrected chi connectivity index (χ4v) is 4.27. The van der Waals surface area contributed by atoms with Gasteiger partial charge >= 0.3 is 5.97 Å². The highest BCUT2D eigenvalue weighted by Crippen LogP contribution is 2.31. The lowest BCUT2D eigenvalue weighted by Crippen LogP contribution is -2.10. The summed E-state index contributed by atoms with van der Waals surface area (Å²) in [5, 5.41) is 1.15. The Morgan fingerprint density at radius 3 is 2.57 bits per heavy atom. The fourth-order valence-electron chi connectivity index (χ4n) is 2.69. The van der Waals surface area contributed by atoms with Crippen molar-refractivity contribution in [3.63, 3.8) is 0 Å². The average molecular weight is 412 g/mol. The van der Waals surface area contributed by atoms with Crippen LogP contribution < -0.4 is 4.72 Å². The molecule has 0 radical (unpaired) electrons. The summed E-state index contributed by atoms with van der Waals surface area (Å²) >= 11 is 3.26. The van der Waals surface area contributed by atoms with Crippen molar-refractivity contribution in [3.05, 3.63) is 65.0 Å². The zero-order valence-corrected chi connectivity index (χ0v) is 18.2. The second-order valence-corrected chi connectivity index (χ2v) is 9.46. The normalized spacial score (nSPS) is 11.9. The number of ether oxygens (including phenoxy) is 1. The number of benzene rings is 2. The van der Waals surface area contributed by atoms with Gasteiger partial charge in [-0.3, -0.25) is 0 Å². The van der Waals surface area contributed by atoms with Gasteiger partial charge < -0.3 is 9.46 Å². The van der Waals surface area contributed by atoms with Gasteiger partial charge in [-0.05, 0) is 77.7 Å². The number of nitrogens with one attached hydrogen (secondary N) is 1. The first-order valence-corrected chi connectivity index (χ1v) is 10.9. The Balaban J connectivity index is 1.66. The zero-order chi connectivity index (χ0) is 20.1. The number of rotatable bonds is 6. The lowest BCUT2D eigenvalue weighted by Gasteiger charge is -2.19. The van der Waals surface area contributed by atoms with Gasteiger partial charge in [-0.15, -0.1) is 11.3 Å². The van der Waals surface area contributed by atoms with Crippen LogP contribution in [-0.2, 0) is 14.9 Å². The number of anilines is 1. The first-order valence-electron chi connectivity index (χ1n) is 9.27. The number of fused-ring (bicyclic) bond motifs is 1. The monoisotopic (exact) mass is 411 g/mol. The van der Waals surface area contributed by atoms with Crippen LogP contribution in [0.5, 0.6) is 0 Å². The molecule has 0 saturated heterocycles. The standard InChI is InChI=1S/C23H25NO2S2/c1-5-26-22(25)13-11-20-15-16-14-18(8-12-21(16)27-20)24-28-19-9-6-17(7-10-19)23(2,3)4/h6-15,24H,5H2,1-4H3/b13-11+. The van der Waals surface area contributed by atoms with E-state index in [-0.39, 0.29) is 11.4 Å². The third-order valence-electron chi connectivity index (χ3n) is 4.21. The molecule has 0 fully saturated rings. The molecule has 0 saturated carbocycles. The van der Waals surface area contributed by atoms with Crippen molar-refractivity contribution in [2.75, 3.05) is 11.3 Å². The van der Waals surface area contributed by atoms with Crippen LogP contribution in [0.4, 0.5) is 5.69 Å². The second kappa shape index (κ2) is 8.84. The number of carbonyl (C=O) groups is 1. The summed E-state index contributed by atoms with van der Waals surface area (Å²) in [6.07, 6.45) is 3.28. The van der Waals surface area contributed by atoms with E-state index in [1.54, 1.807) is 36.3 Å². The highest BCUT2D eigenvalue weighted by molar-refractivity contribution is 8.00. The molecule has 146 valence electrons. The van der Waals surface area contributed by atoms with Gasteiger partial charge in [-0.1, -0.05) is 32.9 Å². The first-order chi connectivity index (χ1) is 13.3. The summed E-state index contributed by atoms with van der Waals surface area (Å²) in [6, 6.07) is 17.1. The van der Waals surface area contributed by atoms with Crippen molar-refractivity contribution >= 4 is 51.1 Å². The third-order valence-corrected chi connectivity index (χ3v) is 6.14. The van der Waals surface area contributed by atoms with Crippen LogP contribution >= 0.6 is 23.3 Å². The van der Waals surface area contributed by atoms with Crippen molar-refractivity contribution < 1.29 is 9.53 Å². The molecule has 0 unspecified atom stereocenters. The Hall–Kier alpha value is -2.24. The maximum atomic E-state index is 11.5. The quantitative estimate of drug-likeness (QED) is 0.272. The molecule has 2 aromatic carbocycles. The van der Waals surface area contributed by atoms with Gasteiger partial charge in [-0.2, -0.15) is 0 Å². The molecule has 0 aliphatic carbocycles. The van der Waals surface area contributed by atoms with E-state index < -0.39 is 0 Å². The van der Waals surface area contributed by atoms with E-state index in [2.05, 4.69) is 74.0 Å². The van der Waals surface area contributed by atoms with Gasteiger partial charge in [0, 0.05) is 26.2 Å². The molecule has 28 heavy (non-hydrogen) atoms. The molecule has 0 spiro atoms. The zero-order valence-electron chi connectivity index (χ0n) is 16.6. The predicted octanol–water partition coefficient (Wildman–Crippen LogP) is 6.89. The Kier molecular flexibility index (Phi) is 6.47. The lowest BCUT2D eigenvalue weighted by atomic mass is 9.87. The Bertz CT molecular complexity index is 982. The Morgan fingerprint density at radius 1 is 1.14 bits per heavy atom. The minimum Gasteiger partial charge on any atom is -0.463 e. The molecule has 0 amide bonds. The number of hydrogen-bond acceptors (Lipinski definition) is 5. The Morgan fingerprint density at radius 2 is 1.89 bits per heavy atom. The van der Waals surface area contributed by atoms with Crippen LogP contribution in [0.15, 0.2) is 59.5 Å². The van der Waals surface area contributed by atoms with Crippen molar-refractivity contribution in [1.82, 2.24) is 0 Å². The fraction of sp³-hybridized carbons (Fsp3) is 0.261. The molecule has 3 nitrogen and oxygen atoms in total. The molecule has 0 aliphatic rings. The van der Waals surface area contributed by atoms with E-state index in [9.17, 15) is 4.79 Å². The van der Waals surface area contributed by atoms with E-state index in [4.69, 9.17) is 4.74 Å². The molecule has 1 N–H and O–H groups in total. The summed E-state index contributed by atoms with van der Waals surface area (Å²) in [7, 11) is 0. The highest BCUT2D eigenvalue weighted by Gasteiger charge is 2.12. The van der Waals surface area contributed by atoms with Crippen LogP contribution in [0.1, 0.15) is 38.1 Å². The summed E-state index contributed by atoms with van der Waals surface area (Å²) < 4.78 is 9.53. The molecular formula is C23H25NO2S2. The number of esters is 1. The predicted molar refractivity (Wildman–Crippen MR) is 122 cm³/mol. The lowest BCUT2D eigenvalue weighted by molar-refractivity contribution is -0.137. The Labute approximate surface area is 174 Å². The molecule has 1 aromatic heterocycles. The maximum Gasteiger partial charge on any atom is 0.330 e. The van der Waals surface area contributed by atoms with Crippen molar-refractivity contribution in [3.8, 4) is 0 Å². The second-order valence-electron chi connectivity index (χ2n) is 7.47. The van der Waals surface area contributed by atoms with Gasteiger partial charge in [0.2, 0.25) is 0 Å². The SMILES string of the molecule is CCOC(=O)/C=C/c1cc2cc(NSc3ccc(C(C)(C)C)cc3)ccc2s1. The summed E-state index contributed by atoms with van der Waals surface area (Å²) in [6.45, 7) is 8.86.